The first-order valence-electron chi connectivity index (χ1n) is 6.10. The van der Waals surface area contributed by atoms with Crippen LogP contribution in [0.15, 0.2) is 52.1 Å². The van der Waals surface area contributed by atoms with Crippen molar-refractivity contribution in [1.29, 1.82) is 0 Å². The van der Waals surface area contributed by atoms with E-state index in [0.717, 1.165) is 0 Å². The summed E-state index contributed by atoms with van der Waals surface area (Å²) < 4.78 is 25.9. The van der Waals surface area contributed by atoms with Crippen molar-refractivity contribution in [3.63, 3.8) is 0 Å². The Hall–Kier alpha value is -1.50. The van der Waals surface area contributed by atoms with Crippen LogP contribution in [0.2, 0.25) is 0 Å². The van der Waals surface area contributed by atoms with Gasteiger partial charge in [0.25, 0.3) is 10.0 Å². The standard InChI is InChI=1S/C14H15NO3S2/c1-15(20(17,18)14-8-5-11-19-14)10-9-13(16)12-6-3-2-4-7-12/h2-8,11H,9-10H2,1H3. The molecule has 0 unspecified atom stereocenters. The Kier molecular flexibility index (Phi) is 4.69. The summed E-state index contributed by atoms with van der Waals surface area (Å²) in [6.07, 6.45) is 0.172. The van der Waals surface area contributed by atoms with Gasteiger partial charge < -0.3 is 0 Å². The van der Waals surface area contributed by atoms with E-state index in [4.69, 9.17) is 0 Å². The fourth-order valence-corrected chi connectivity index (χ4v) is 4.08. The van der Waals surface area contributed by atoms with Crippen molar-refractivity contribution < 1.29 is 13.2 Å². The number of sulfonamides is 1. The molecule has 2 aromatic rings. The number of hydrogen-bond acceptors (Lipinski definition) is 4. The molecule has 0 amide bonds. The molecule has 0 fully saturated rings. The second kappa shape index (κ2) is 6.30. The second-order valence-corrected chi connectivity index (χ2v) is 7.52. The molecule has 0 atom stereocenters. The predicted octanol–water partition coefficient (Wildman–Crippen LogP) is 2.64. The molecule has 1 aromatic heterocycles. The summed E-state index contributed by atoms with van der Waals surface area (Å²) in [5, 5.41) is 1.72. The third-order valence-corrected chi connectivity index (χ3v) is 6.14. The lowest BCUT2D eigenvalue weighted by Crippen LogP contribution is -2.28. The zero-order valence-corrected chi connectivity index (χ0v) is 12.7. The van der Waals surface area contributed by atoms with E-state index in [9.17, 15) is 13.2 Å². The van der Waals surface area contributed by atoms with Gasteiger partial charge in [-0.05, 0) is 11.4 Å². The van der Waals surface area contributed by atoms with Crippen LogP contribution in [0.3, 0.4) is 0 Å². The van der Waals surface area contributed by atoms with E-state index in [1.165, 1.54) is 22.7 Å². The zero-order chi connectivity index (χ0) is 14.6. The Bertz CT molecular complexity index is 664. The number of benzene rings is 1. The molecule has 2 rings (SSSR count). The van der Waals surface area contributed by atoms with Gasteiger partial charge in [0.05, 0.1) is 0 Å². The van der Waals surface area contributed by atoms with E-state index in [1.807, 2.05) is 6.07 Å². The lowest BCUT2D eigenvalue weighted by Gasteiger charge is -2.15. The first-order chi connectivity index (χ1) is 9.51. The number of carbonyl (C=O) groups is 1. The molecule has 0 saturated heterocycles. The minimum atomic E-state index is -3.47. The summed E-state index contributed by atoms with van der Waals surface area (Å²) >= 11 is 1.17. The lowest BCUT2D eigenvalue weighted by atomic mass is 10.1. The van der Waals surface area contributed by atoms with Crippen LogP contribution in [0, 0.1) is 0 Å². The van der Waals surface area contributed by atoms with Gasteiger partial charge in [0, 0.05) is 25.6 Å². The minimum absolute atomic E-state index is 0.0566. The molecule has 0 spiro atoms. The average molecular weight is 309 g/mol. The fraction of sp³-hybridized carbons (Fsp3) is 0.214. The Morgan fingerprint density at radius 1 is 1.15 bits per heavy atom. The van der Waals surface area contributed by atoms with E-state index in [2.05, 4.69) is 0 Å². The monoisotopic (exact) mass is 309 g/mol. The molecule has 0 aliphatic rings. The lowest BCUT2D eigenvalue weighted by molar-refractivity contribution is 0.0978. The summed E-state index contributed by atoms with van der Waals surface area (Å²) in [5.41, 5.74) is 0.606. The van der Waals surface area contributed by atoms with E-state index >= 15 is 0 Å². The van der Waals surface area contributed by atoms with Crippen LogP contribution >= 0.6 is 11.3 Å². The summed E-state index contributed by atoms with van der Waals surface area (Å²) in [5.74, 6) is -0.0566. The highest BCUT2D eigenvalue weighted by Gasteiger charge is 2.22. The highest BCUT2D eigenvalue weighted by Crippen LogP contribution is 2.20. The highest BCUT2D eigenvalue weighted by molar-refractivity contribution is 7.91. The predicted molar refractivity (Wildman–Crippen MR) is 79.5 cm³/mol. The first-order valence-corrected chi connectivity index (χ1v) is 8.42. The molecule has 0 radical (unpaired) electrons. The molecular weight excluding hydrogens is 294 g/mol. The van der Waals surface area contributed by atoms with Gasteiger partial charge >= 0.3 is 0 Å². The average Bonchev–Trinajstić information content (AvgIpc) is 3.00. The number of thiophene rings is 1. The topological polar surface area (TPSA) is 54.5 Å². The maximum atomic E-state index is 12.2. The van der Waals surface area contributed by atoms with Crippen molar-refractivity contribution in [3.8, 4) is 0 Å². The molecule has 106 valence electrons. The maximum Gasteiger partial charge on any atom is 0.252 e. The molecule has 0 saturated carbocycles. The van der Waals surface area contributed by atoms with Crippen molar-refractivity contribution in [2.75, 3.05) is 13.6 Å². The quantitative estimate of drug-likeness (QED) is 0.771. The van der Waals surface area contributed by atoms with Crippen molar-refractivity contribution in [2.45, 2.75) is 10.6 Å². The van der Waals surface area contributed by atoms with Crippen molar-refractivity contribution in [1.82, 2.24) is 4.31 Å². The summed E-state index contributed by atoms with van der Waals surface area (Å²) in [6, 6.07) is 12.1. The molecule has 1 heterocycles. The molecule has 4 nitrogen and oxygen atoms in total. The van der Waals surface area contributed by atoms with Crippen LogP contribution in [-0.2, 0) is 10.0 Å². The SMILES string of the molecule is CN(CCC(=O)c1ccccc1)S(=O)(=O)c1cccs1. The van der Waals surface area contributed by atoms with Crippen LogP contribution in [0.4, 0.5) is 0 Å². The van der Waals surface area contributed by atoms with Crippen molar-refractivity contribution in [2.24, 2.45) is 0 Å². The van der Waals surface area contributed by atoms with Gasteiger partial charge in [0.15, 0.2) is 5.78 Å². The third kappa shape index (κ3) is 3.33. The van der Waals surface area contributed by atoms with E-state index in [1.54, 1.807) is 41.8 Å². The maximum absolute atomic E-state index is 12.2. The van der Waals surface area contributed by atoms with E-state index in [0.29, 0.717) is 9.77 Å². The Labute approximate surface area is 122 Å². The summed E-state index contributed by atoms with van der Waals surface area (Å²) in [4.78, 5) is 11.9. The molecule has 1 aromatic carbocycles. The Morgan fingerprint density at radius 2 is 1.85 bits per heavy atom. The van der Waals surface area contributed by atoms with E-state index in [-0.39, 0.29) is 18.7 Å². The first kappa shape index (κ1) is 14.9. The van der Waals surface area contributed by atoms with Crippen LogP contribution in [-0.4, -0.2) is 32.1 Å². The van der Waals surface area contributed by atoms with Gasteiger partial charge in [-0.1, -0.05) is 36.4 Å². The Morgan fingerprint density at radius 3 is 2.45 bits per heavy atom. The summed E-state index contributed by atoms with van der Waals surface area (Å²) in [6.45, 7) is 0.175. The van der Waals surface area contributed by atoms with Gasteiger partial charge in [0.2, 0.25) is 0 Å². The normalized spacial score (nSPS) is 11.7. The largest absolute Gasteiger partial charge is 0.294 e. The summed E-state index contributed by atoms with van der Waals surface area (Å²) in [7, 11) is -1.98. The molecule has 0 aliphatic carbocycles. The fourth-order valence-electron chi connectivity index (χ4n) is 1.71. The molecule has 0 N–H and O–H groups in total. The van der Waals surface area contributed by atoms with E-state index < -0.39 is 10.0 Å². The second-order valence-electron chi connectivity index (χ2n) is 4.30. The van der Waals surface area contributed by atoms with Crippen molar-refractivity contribution >= 4 is 27.1 Å². The smallest absolute Gasteiger partial charge is 0.252 e. The minimum Gasteiger partial charge on any atom is -0.294 e. The molecule has 20 heavy (non-hydrogen) atoms. The third-order valence-electron chi connectivity index (χ3n) is 2.91. The van der Waals surface area contributed by atoms with Gasteiger partial charge in [-0.15, -0.1) is 11.3 Å². The van der Waals surface area contributed by atoms with Gasteiger partial charge in [-0.25, -0.2) is 8.42 Å². The Balaban J connectivity index is 1.99. The van der Waals surface area contributed by atoms with Crippen LogP contribution in [0.5, 0.6) is 0 Å². The number of Topliss-reactive ketones (excluding diaryl/α,β-unsaturated/α-hetero) is 1. The van der Waals surface area contributed by atoms with Crippen molar-refractivity contribution in [3.05, 3.63) is 53.4 Å². The number of ketones is 1. The highest BCUT2D eigenvalue weighted by atomic mass is 32.2. The molecule has 0 bridgehead atoms. The van der Waals surface area contributed by atoms with Crippen LogP contribution < -0.4 is 0 Å². The molecular formula is C14H15NO3S2. The number of nitrogens with zero attached hydrogens (tertiary/aromatic N) is 1. The zero-order valence-electron chi connectivity index (χ0n) is 11.0. The van der Waals surface area contributed by atoms with Crippen LogP contribution in [0.1, 0.15) is 16.8 Å². The molecule has 6 heteroatoms. The molecule has 0 aliphatic heterocycles. The van der Waals surface area contributed by atoms with Gasteiger partial charge in [0.1, 0.15) is 4.21 Å². The van der Waals surface area contributed by atoms with Crippen LogP contribution in [0.25, 0.3) is 0 Å². The number of rotatable bonds is 6. The number of hydrogen-bond donors (Lipinski definition) is 0. The van der Waals surface area contributed by atoms with Gasteiger partial charge in [-0.2, -0.15) is 4.31 Å². The number of carbonyl (C=O) groups excluding carboxylic acids is 1. The van der Waals surface area contributed by atoms with Gasteiger partial charge in [-0.3, -0.25) is 4.79 Å².